The number of rotatable bonds is 9. The summed E-state index contributed by atoms with van der Waals surface area (Å²) in [5.74, 6) is -0.0567. The van der Waals surface area contributed by atoms with Crippen LogP contribution in [0.15, 0.2) is 65.3 Å². The standard InChI is InChI=1S/C26H26Cl2FN3O4/c27-23-10-9-20(13-24(23)28)30-26(34)32(16-22-4-2-12-36-22)17-25(33)31(15-21-3-1-11-35-21)14-18-5-7-19(29)8-6-18/h1,3,5-11,13,22H,2,4,12,14-17H2,(H,30,34). The maximum Gasteiger partial charge on any atom is 0.322 e. The van der Waals surface area contributed by atoms with Gasteiger partial charge in [-0.25, -0.2) is 9.18 Å². The van der Waals surface area contributed by atoms with Crippen LogP contribution in [-0.4, -0.2) is 47.5 Å². The molecule has 0 bridgehead atoms. The van der Waals surface area contributed by atoms with Gasteiger partial charge in [0.2, 0.25) is 5.91 Å². The molecule has 4 rings (SSSR count). The maximum absolute atomic E-state index is 13.5. The lowest BCUT2D eigenvalue weighted by atomic mass is 10.2. The molecule has 2 heterocycles. The van der Waals surface area contributed by atoms with E-state index >= 15 is 0 Å². The fraction of sp³-hybridized carbons (Fsp3) is 0.308. The van der Waals surface area contributed by atoms with Gasteiger partial charge in [0.05, 0.1) is 29.0 Å². The number of furan rings is 1. The van der Waals surface area contributed by atoms with Crippen LogP contribution in [-0.2, 0) is 22.6 Å². The topological polar surface area (TPSA) is 75.0 Å². The van der Waals surface area contributed by atoms with Crippen molar-refractivity contribution in [1.82, 2.24) is 9.80 Å². The Labute approximate surface area is 218 Å². The lowest BCUT2D eigenvalue weighted by Gasteiger charge is -2.29. The molecule has 2 aromatic carbocycles. The van der Waals surface area contributed by atoms with E-state index < -0.39 is 6.03 Å². The highest BCUT2D eigenvalue weighted by atomic mass is 35.5. The smallest absolute Gasteiger partial charge is 0.322 e. The van der Waals surface area contributed by atoms with E-state index in [0.29, 0.717) is 28.1 Å². The lowest BCUT2D eigenvalue weighted by molar-refractivity contribution is -0.133. The Morgan fingerprint density at radius 3 is 2.50 bits per heavy atom. The highest BCUT2D eigenvalue weighted by Gasteiger charge is 2.27. The normalized spacial score (nSPS) is 15.0. The Kier molecular flexibility index (Phi) is 8.85. The van der Waals surface area contributed by atoms with Gasteiger partial charge in [-0.3, -0.25) is 4.79 Å². The highest BCUT2D eigenvalue weighted by molar-refractivity contribution is 6.42. The van der Waals surface area contributed by atoms with Gasteiger partial charge in [-0.05, 0) is 60.9 Å². The number of halogens is 3. The molecule has 1 unspecified atom stereocenters. The first kappa shape index (κ1) is 26.0. The third-order valence-corrected chi connectivity index (χ3v) is 6.54. The predicted molar refractivity (Wildman–Crippen MR) is 135 cm³/mol. The van der Waals surface area contributed by atoms with Gasteiger partial charge in [0.15, 0.2) is 0 Å². The molecule has 1 aromatic heterocycles. The van der Waals surface area contributed by atoms with Crippen molar-refractivity contribution in [3.8, 4) is 0 Å². The predicted octanol–water partition coefficient (Wildman–Crippen LogP) is 5.97. The number of carbonyl (C=O) groups excluding carboxylic acids is 2. The van der Waals surface area contributed by atoms with Gasteiger partial charge in [0, 0.05) is 25.4 Å². The molecule has 0 radical (unpaired) electrons. The average Bonchev–Trinajstić information content (AvgIpc) is 3.56. The number of ether oxygens (including phenoxy) is 1. The monoisotopic (exact) mass is 533 g/mol. The second-order valence-corrected chi connectivity index (χ2v) is 9.34. The Balaban J connectivity index is 1.51. The van der Waals surface area contributed by atoms with Gasteiger partial charge in [-0.2, -0.15) is 0 Å². The van der Waals surface area contributed by atoms with Crippen LogP contribution in [0.25, 0.3) is 0 Å². The molecule has 1 atom stereocenters. The second-order valence-electron chi connectivity index (χ2n) is 8.53. The molecule has 3 aromatic rings. The molecule has 1 N–H and O–H groups in total. The van der Waals surface area contributed by atoms with Crippen molar-refractivity contribution in [3.05, 3.63) is 88.0 Å². The van der Waals surface area contributed by atoms with Gasteiger partial charge < -0.3 is 24.3 Å². The fourth-order valence-electron chi connectivity index (χ4n) is 3.93. The average molecular weight is 534 g/mol. The van der Waals surface area contributed by atoms with E-state index in [1.54, 1.807) is 47.4 Å². The molecule has 1 saturated heterocycles. The zero-order valence-electron chi connectivity index (χ0n) is 19.5. The van der Waals surface area contributed by atoms with E-state index in [1.807, 2.05) is 0 Å². The molecule has 1 aliphatic rings. The number of carbonyl (C=O) groups is 2. The Morgan fingerprint density at radius 2 is 1.83 bits per heavy atom. The van der Waals surface area contributed by atoms with Crippen LogP contribution in [0.2, 0.25) is 10.0 Å². The molecular formula is C26H26Cl2FN3O4. The number of nitrogens with zero attached hydrogens (tertiary/aromatic N) is 2. The Morgan fingerprint density at radius 1 is 1.03 bits per heavy atom. The third kappa shape index (κ3) is 7.22. The molecule has 0 aliphatic carbocycles. The zero-order valence-corrected chi connectivity index (χ0v) is 21.0. The largest absolute Gasteiger partial charge is 0.467 e. The molecule has 36 heavy (non-hydrogen) atoms. The van der Waals surface area contributed by atoms with Gasteiger partial charge >= 0.3 is 6.03 Å². The van der Waals surface area contributed by atoms with Crippen LogP contribution < -0.4 is 5.32 Å². The van der Waals surface area contributed by atoms with Gasteiger partial charge in [-0.15, -0.1) is 0 Å². The molecule has 190 valence electrons. The molecule has 10 heteroatoms. The summed E-state index contributed by atoms with van der Waals surface area (Å²) in [6.45, 7) is 1.11. The Hall–Kier alpha value is -3.07. The summed E-state index contributed by atoms with van der Waals surface area (Å²) in [6.07, 6.45) is 3.07. The summed E-state index contributed by atoms with van der Waals surface area (Å²) in [4.78, 5) is 29.7. The van der Waals surface area contributed by atoms with E-state index in [-0.39, 0.29) is 44.0 Å². The van der Waals surface area contributed by atoms with E-state index in [2.05, 4.69) is 5.32 Å². The molecular weight excluding hydrogens is 508 g/mol. The number of anilines is 1. The fourth-order valence-corrected chi connectivity index (χ4v) is 4.22. The van der Waals surface area contributed by atoms with E-state index in [0.717, 1.165) is 18.4 Å². The first-order valence-corrected chi connectivity index (χ1v) is 12.3. The minimum Gasteiger partial charge on any atom is -0.467 e. The zero-order chi connectivity index (χ0) is 25.5. The SMILES string of the molecule is O=C(CN(CC1CCCO1)C(=O)Nc1ccc(Cl)c(Cl)c1)N(Cc1ccc(F)cc1)Cc1ccco1. The number of hydrogen-bond acceptors (Lipinski definition) is 4. The van der Waals surface area contributed by atoms with Crippen LogP contribution in [0.5, 0.6) is 0 Å². The third-order valence-electron chi connectivity index (χ3n) is 5.80. The molecule has 1 fully saturated rings. The van der Waals surface area contributed by atoms with Gasteiger partial charge in [0.1, 0.15) is 18.1 Å². The highest BCUT2D eigenvalue weighted by Crippen LogP contribution is 2.25. The van der Waals surface area contributed by atoms with Crippen LogP contribution in [0.3, 0.4) is 0 Å². The number of amides is 3. The summed E-state index contributed by atoms with van der Waals surface area (Å²) in [7, 11) is 0. The van der Waals surface area contributed by atoms with Crippen molar-refractivity contribution in [2.45, 2.75) is 32.0 Å². The van der Waals surface area contributed by atoms with Crippen LogP contribution in [0.4, 0.5) is 14.9 Å². The summed E-state index contributed by atoms with van der Waals surface area (Å²) >= 11 is 12.1. The van der Waals surface area contributed by atoms with Crippen molar-refractivity contribution in [2.24, 2.45) is 0 Å². The van der Waals surface area contributed by atoms with E-state index in [9.17, 15) is 14.0 Å². The molecule has 0 spiro atoms. The summed E-state index contributed by atoms with van der Waals surface area (Å²) < 4.78 is 24.6. The molecule has 1 aliphatic heterocycles. The number of urea groups is 1. The number of benzene rings is 2. The van der Waals surface area contributed by atoms with E-state index in [4.69, 9.17) is 32.4 Å². The first-order valence-electron chi connectivity index (χ1n) is 11.5. The van der Waals surface area contributed by atoms with Crippen molar-refractivity contribution >= 4 is 40.8 Å². The van der Waals surface area contributed by atoms with Crippen LogP contribution in [0.1, 0.15) is 24.2 Å². The molecule has 0 saturated carbocycles. The Bertz CT molecular complexity index is 1170. The first-order chi connectivity index (χ1) is 17.4. The second kappa shape index (κ2) is 12.3. The molecule has 7 nitrogen and oxygen atoms in total. The van der Waals surface area contributed by atoms with Crippen molar-refractivity contribution < 1.29 is 23.1 Å². The van der Waals surface area contributed by atoms with Crippen molar-refractivity contribution in [3.63, 3.8) is 0 Å². The summed E-state index contributed by atoms with van der Waals surface area (Å²) in [6, 6.07) is 13.8. The number of nitrogens with one attached hydrogen (secondary N) is 1. The van der Waals surface area contributed by atoms with Crippen molar-refractivity contribution in [1.29, 1.82) is 0 Å². The number of hydrogen-bond donors (Lipinski definition) is 1. The quantitative estimate of drug-likeness (QED) is 0.367. The van der Waals surface area contributed by atoms with E-state index in [1.165, 1.54) is 23.3 Å². The maximum atomic E-state index is 13.5. The summed E-state index contributed by atoms with van der Waals surface area (Å²) in [5, 5.41) is 3.46. The lowest BCUT2D eigenvalue weighted by Crippen LogP contribution is -2.46. The minimum absolute atomic E-state index is 0.159. The molecule has 3 amide bonds. The van der Waals surface area contributed by atoms with Gasteiger partial charge in [0.25, 0.3) is 0 Å². The summed E-state index contributed by atoms with van der Waals surface area (Å²) in [5.41, 5.74) is 1.21. The van der Waals surface area contributed by atoms with Crippen molar-refractivity contribution in [2.75, 3.05) is 25.0 Å². The van der Waals surface area contributed by atoms with Crippen LogP contribution >= 0.6 is 23.2 Å². The van der Waals surface area contributed by atoms with Gasteiger partial charge in [-0.1, -0.05) is 35.3 Å². The minimum atomic E-state index is -0.461. The van der Waals surface area contributed by atoms with Crippen LogP contribution in [0, 0.1) is 5.82 Å².